The van der Waals surface area contributed by atoms with Gasteiger partial charge in [0.1, 0.15) is 24.6 Å². The molecule has 0 bridgehead atoms. The van der Waals surface area contributed by atoms with Crippen LogP contribution in [0.25, 0.3) is 0 Å². The fourth-order valence-electron chi connectivity index (χ4n) is 6.47. The number of benzene rings is 4. The first kappa shape index (κ1) is 37.0. The van der Waals surface area contributed by atoms with Crippen molar-refractivity contribution in [1.82, 2.24) is 8.83 Å². The molecule has 0 radical (unpaired) electrons. The molecular formula is C37H36N4O10S2. The molecule has 0 saturated carbocycles. The van der Waals surface area contributed by atoms with Gasteiger partial charge in [0, 0.05) is 23.0 Å². The lowest BCUT2D eigenvalue weighted by Gasteiger charge is -2.27. The van der Waals surface area contributed by atoms with E-state index in [9.17, 15) is 46.2 Å². The fourth-order valence-corrected chi connectivity index (χ4v) is 9.89. The van der Waals surface area contributed by atoms with E-state index >= 15 is 0 Å². The van der Waals surface area contributed by atoms with Gasteiger partial charge in [-0.15, -0.1) is 8.83 Å². The van der Waals surface area contributed by atoms with E-state index in [2.05, 4.69) is 0 Å². The first-order valence-electron chi connectivity index (χ1n) is 16.7. The molecule has 2 fully saturated rings. The molecule has 0 spiro atoms. The fraction of sp³-hybridized carbons (Fsp3) is 0.243. The van der Waals surface area contributed by atoms with Crippen LogP contribution in [0.3, 0.4) is 0 Å². The van der Waals surface area contributed by atoms with E-state index in [1.54, 1.807) is 67.6 Å². The lowest BCUT2D eigenvalue weighted by molar-refractivity contribution is -0.140. The molecule has 2 heterocycles. The van der Waals surface area contributed by atoms with Crippen LogP contribution in [0.1, 0.15) is 52.1 Å². The van der Waals surface area contributed by atoms with E-state index in [1.165, 1.54) is 36.4 Å². The Morgan fingerprint density at radius 2 is 1.06 bits per heavy atom. The van der Waals surface area contributed by atoms with Crippen molar-refractivity contribution in [2.75, 3.05) is 21.7 Å². The van der Waals surface area contributed by atoms with Crippen molar-refractivity contribution < 1.29 is 46.2 Å². The maximum atomic E-state index is 13.8. The Bertz CT molecular complexity index is 2320. The third kappa shape index (κ3) is 6.94. The summed E-state index contributed by atoms with van der Waals surface area (Å²) in [5.41, 5.74) is 1.35. The lowest BCUT2D eigenvalue weighted by atomic mass is 9.89. The summed E-state index contributed by atoms with van der Waals surface area (Å²) in [7, 11) is -10.2. The molecule has 2 unspecified atom stereocenters. The van der Waals surface area contributed by atoms with Crippen LogP contribution in [-0.2, 0) is 42.8 Å². The number of aromatic hydroxyl groups is 2. The number of rotatable bonds is 12. The first-order chi connectivity index (χ1) is 25.1. The Labute approximate surface area is 306 Å². The predicted molar refractivity (Wildman–Crippen MR) is 194 cm³/mol. The van der Waals surface area contributed by atoms with E-state index < -0.39 is 68.7 Å². The van der Waals surface area contributed by atoms with Crippen LogP contribution in [0.15, 0.2) is 97.1 Å². The summed E-state index contributed by atoms with van der Waals surface area (Å²) >= 11 is 0. The summed E-state index contributed by atoms with van der Waals surface area (Å²) < 4.78 is 55.7. The average molecular weight is 761 g/mol. The van der Waals surface area contributed by atoms with Crippen molar-refractivity contribution in [1.29, 1.82) is 0 Å². The molecule has 6 rings (SSSR count). The summed E-state index contributed by atoms with van der Waals surface area (Å²) in [6.45, 7) is 1.69. The van der Waals surface area contributed by atoms with Crippen LogP contribution < -0.4 is 8.61 Å². The second-order valence-corrected chi connectivity index (χ2v) is 16.2. The summed E-state index contributed by atoms with van der Waals surface area (Å²) in [6.07, 6.45) is 0.923. The van der Waals surface area contributed by atoms with Crippen molar-refractivity contribution in [2.24, 2.45) is 11.8 Å². The number of ketones is 2. The quantitative estimate of drug-likeness (QED) is 0.200. The van der Waals surface area contributed by atoms with Gasteiger partial charge in [-0.25, -0.2) is 8.61 Å². The van der Waals surface area contributed by atoms with E-state index in [-0.39, 0.29) is 44.6 Å². The van der Waals surface area contributed by atoms with Crippen molar-refractivity contribution in [2.45, 2.75) is 33.1 Å². The van der Waals surface area contributed by atoms with E-state index in [0.29, 0.717) is 37.3 Å². The molecule has 0 aromatic heterocycles. The number of Topliss-reactive ketones (excluding diaryl/α,β-unsaturated/α-hetero) is 2. The number of amides is 2. The molecule has 4 aromatic carbocycles. The number of carbonyl (C=O) groups excluding carboxylic acids is 4. The summed E-state index contributed by atoms with van der Waals surface area (Å²) in [5, 5.41) is 21.8. The second kappa shape index (κ2) is 14.4. The highest BCUT2D eigenvalue weighted by Gasteiger charge is 2.57. The lowest BCUT2D eigenvalue weighted by Crippen LogP contribution is -2.51. The van der Waals surface area contributed by atoms with Crippen LogP contribution in [0.4, 0.5) is 11.4 Å². The molecule has 2 atom stereocenters. The molecule has 4 aromatic rings. The van der Waals surface area contributed by atoms with Crippen molar-refractivity contribution in [3.05, 3.63) is 119 Å². The zero-order valence-electron chi connectivity index (χ0n) is 28.7. The number of phenolic OH excluding ortho intramolecular Hbond substituents is 2. The summed E-state index contributed by atoms with van der Waals surface area (Å²) in [5.74, 6) is -4.84. The standard InChI is InChI=1S/C37H36N4O10S2/c1-3-27(37(47)29-12-8-5-9-13-29)19-26-15-17-31(33(43)21-26)39-23-35(45)41(53(39,50)51)40-34(44)22-38(52(40,48)49)30-16-14-25(20-32(30)42)18-24(2)36(46)28-10-6-4-7-11-28/h4-17,20-21,24,27,42-43H,3,18-19,22-23H2,1-2H3. The second-order valence-electron chi connectivity index (χ2n) is 12.8. The van der Waals surface area contributed by atoms with Crippen molar-refractivity contribution in [3.8, 4) is 11.5 Å². The molecule has 2 N–H and O–H groups in total. The molecular weight excluding hydrogens is 725 g/mol. The van der Waals surface area contributed by atoms with Gasteiger partial charge >= 0.3 is 20.4 Å². The maximum absolute atomic E-state index is 13.8. The third-order valence-electron chi connectivity index (χ3n) is 9.21. The largest absolute Gasteiger partial charge is 0.506 e. The molecule has 2 saturated heterocycles. The number of carbonyl (C=O) groups is 4. The van der Waals surface area contributed by atoms with Crippen LogP contribution in [0.2, 0.25) is 0 Å². The number of phenols is 2. The zero-order valence-corrected chi connectivity index (χ0v) is 30.3. The predicted octanol–water partition coefficient (Wildman–Crippen LogP) is 4.01. The highest BCUT2D eigenvalue weighted by Crippen LogP contribution is 2.40. The Morgan fingerprint density at radius 3 is 1.47 bits per heavy atom. The van der Waals surface area contributed by atoms with Crippen molar-refractivity contribution in [3.63, 3.8) is 0 Å². The Hall–Kier alpha value is -5.74. The highest BCUT2D eigenvalue weighted by atomic mass is 32.2. The third-order valence-corrected chi connectivity index (χ3v) is 12.7. The first-order valence-corrected chi connectivity index (χ1v) is 19.5. The minimum absolute atomic E-state index is 0.0975. The van der Waals surface area contributed by atoms with Gasteiger partial charge in [0.15, 0.2) is 11.6 Å². The number of anilines is 2. The van der Waals surface area contributed by atoms with Gasteiger partial charge < -0.3 is 10.2 Å². The number of nitrogens with zero attached hydrogens (tertiary/aromatic N) is 4. The number of hydrogen-bond donors (Lipinski definition) is 2. The molecule has 2 aliphatic rings. The van der Waals surface area contributed by atoms with Gasteiger partial charge in [-0.3, -0.25) is 19.2 Å². The van der Waals surface area contributed by atoms with Gasteiger partial charge in [0.2, 0.25) is 0 Å². The minimum atomic E-state index is -5.09. The van der Waals surface area contributed by atoms with E-state index in [0.717, 1.165) is 0 Å². The van der Waals surface area contributed by atoms with Gasteiger partial charge in [-0.1, -0.05) is 86.6 Å². The molecule has 16 heteroatoms. The number of hydrazine groups is 1. The van der Waals surface area contributed by atoms with E-state index in [4.69, 9.17) is 0 Å². The molecule has 276 valence electrons. The molecule has 2 amide bonds. The van der Waals surface area contributed by atoms with Gasteiger partial charge in [0.25, 0.3) is 11.8 Å². The Balaban J connectivity index is 1.20. The summed E-state index contributed by atoms with van der Waals surface area (Å²) in [4.78, 5) is 52.3. The van der Waals surface area contributed by atoms with Crippen LogP contribution in [-0.4, -0.2) is 72.3 Å². The van der Waals surface area contributed by atoms with Gasteiger partial charge in [0.05, 0.1) is 11.4 Å². The van der Waals surface area contributed by atoms with Crippen molar-refractivity contribution >= 4 is 55.2 Å². The van der Waals surface area contributed by atoms with E-state index in [1.807, 2.05) is 6.92 Å². The minimum Gasteiger partial charge on any atom is -0.506 e. The Morgan fingerprint density at radius 1 is 0.642 bits per heavy atom. The zero-order chi connectivity index (χ0) is 38.2. The average Bonchev–Trinajstić information content (AvgIpc) is 3.50. The smallest absolute Gasteiger partial charge is 0.348 e. The molecule has 2 aliphatic heterocycles. The normalized spacial score (nSPS) is 17.6. The molecule has 53 heavy (non-hydrogen) atoms. The van der Waals surface area contributed by atoms with Gasteiger partial charge in [-0.05, 0) is 54.7 Å². The highest BCUT2D eigenvalue weighted by molar-refractivity contribution is 7.94. The van der Waals surface area contributed by atoms with Gasteiger partial charge in [-0.2, -0.15) is 16.8 Å². The molecule has 14 nitrogen and oxygen atoms in total. The summed E-state index contributed by atoms with van der Waals surface area (Å²) in [6, 6.07) is 25.3. The monoisotopic (exact) mass is 760 g/mol. The Kier molecular flexibility index (Phi) is 10.0. The van der Waals surface area contributed by atoms with Crippen LogP contribution >= 0.6 is 0 Å². The maximum Gasteiger partial charge on any atom is 0.348 e. The SMILES string of the molecule is CCC(Cc1ccc(N2CC(=O)N(N3C(=O)CN(c4ccc(CC(C)C(=O)c5ccccc5)cc4O)S3(=O)=O)S2(=O)=O)c(O)c1)C(=O)c1ccccc1. The molecule has 0 aliphatic carbocycles. The van der Waals surface area contributed by atoms with Crippen LogP contribution in [0, 0.1) is 11.8 Å². The van der Waals surface area contributed by atoms with Crippen LogP contribution in [0.5, 0.6) is 11.5 Å². The topological polar surface area (TPSA) is 190 Å². The number of hydrogen-bond acceptors (Lipinski definition) is 10.